The molecule has 2 fully saturated rings. The maximum Gasteiger partial charge on any atom is 0.104 e. The maximum atomic E-state index is 5.80. The molecular formula is C41H72O4Si4. The second-order valence-electron chi connectivity index (χ2n) is 18.8. The summed E-state index contributed by atoms with van der Waals surface area (Å²) in [5.41, 5.74) is 0.415. The van der Waals surface area contributed by atoms with Crippen LogP contribution in [0.4, 0.5) is 0 Å². The van der Waals surface area contributed by atoms with Crippen LogP contribution in [-0.2, 0) is 18.9 Å². The summed E-state index contributed by atoms with van der Waals surface area (Å²) >= 11 is 0. The standard InChI is InChI=1S/C41H72O4Si4/c1-41(2,23-11-27-46(3,4)37-15-19-39(20-16-37)48(7,8)29-13-25-42-31-35-33-44-35)24-12-28-47(5,6)38-17-21-40(22-18-38)49(9,10)30-14-26-43-32-36-34-45-36/h15-22,35-36H,11-14,23-34H2,1-10H3. The Labute approximate surface area is 305 Å². The fourth-order valence-corrected chi connectivity index (χ4v) is 17.1. The van der Waals surface area contributed by atoms with Crippen molar-refractivity contribution in [3.8, 4) is 0 Å². The first kappa shape index (κ1) is 40.9. The summed E-state index contributed by atoms with van der Waals surface area (Å²) in [5.74, 6) is 0. The smallest absolute Gasteiger partial charge is 0.104 e. The van der Waals surface area contributed by atoms with Gasteiger partial charge in [0.2, 0.25) is 0 Å². The maximum absolute atomic E-state index is 5.80. The minimum atomic E-state index is -1.46. The molecule has 2 aromatic carbocycles. The van der Waals surface area contributed by atoms with Gasteiger partial charge in [-0.3, -0.25) is 0 Å². The van der Waals surface area contributed by atoms with Crippen LogP contribution in [0.3, 0.4) is 0 Å². The van der Waals surface area contributed by atoms with E-state index in [9.17, 15) is 0 Å². The normalized spacial score (nSPS) is 18.6. The van der Waals surface area contributed by atoms with Crippen LogP contribution in [-0.4, -0.2) is 84.1 Å². The van der Waals surface area contributed by atoms with Crippen molar-refractivity contribution in [2.24, 2.45) is 5.41 Å². The molecule has 0 saturated carbocycles. The zero-order chi connectivity index (χ0) is 35.8. The Morgan fingerprint density at radius 1 is 0.510 bits per heavy atom. The molecule has 0 radical (unpaired) electrons. The summed E-state index contributed by atoms with van der Waals surface area (Å²) < 4.78 is 22.1. The Kier molecular flexibility index (Phi) is 14.8. The van der Waals surface area contributed by atoms with E-state index in [0.717, 1.165) is 52.5 Å². The van der Waals surface area contributed by atoms with Crippen LogP contribution < -0.4 is 20.7 Å². The predicted octanol–water partition coefficient (Wildman–Crippen LogP) is 8.25. The molecule has 0 aromatic heterocycles. The molecule has 0 amide bonds. The van der Waals surface area contributed by atoms with E-state index >= 15 is 0 Å². The third-order valence-corrected chi connectivity index (χ3v) is 25.8. The second kappa shape index (κ2) is 17.8. The van der Waals surface area contributed by atoms with Crippen molar-refractivity contribution in [3.63, 3.8) is 0 Å². The molecule has 49 heavy (non-hydrogen) atoms. The van der Waals surface area contributed by atoms with Gasteiger partial charge in [-0.25, -0.2) is 0 Å². The van der Waals surface area contributed by atoms with E-state index in [4.69, 9.17) is 18.9 Å². The van der Waals surface area contributed by atoms with Gasteiger partial charge < -0.3 is 18.9 Å². The molecule has 2 unspecified atom stereocenters. The second-order valence-corrected chi connectivity index (χ2v) is 38.2. The van der Waals surface area contributed by atoms with Gasteiger partial charge in [0.25, 0.3) is 0 Å². The molecule has 2 atom stereocenters. The van der Waals surface area contributed by atoms with E-state index in [2.05, 4.69) is 115 Å². The minimum absolute atomic E-state index is 0.374. The molecule has 4 rings (SSSR count). The molecule has 2 aliphatic rings. The van der Waals surface area contributed by atoms with Crippen LogP contribution in [0.15, 0.2) is 48.5 Å². The summed E-state index contributed by atoms with van der Waals surface area (Å²) in [6.45, 7) is 30.5. The summed E-state index contributed by atoms with van der Waals surface area (Å²) in [5, 5.41) is 6.45. The number of benzene rings is 2. The predicted molar refractivity (Wildman–Crippen MR) is 223 cm³/mol. The van der Waals surface area contributed by atoms with E-state index in [1.165, 1.54) is 49.9 Å². The molecule has 0 spiro atoms. The highest BCUT2D eigenvalue weighted by Gasteiger charge is 2.30. The highest BCUT2D eigenvalue weighted by molar-refractivity contribution is 6.92. The molecule has 2 heterocycles. The molecular weight excluding hydrogens is 669 g/mol. The SMILES string of the molecule is CC(C)(CCC[Si](C)(C)c1ccc([Si](C)(C)CCCOCC2CO2)cc1)CCC[Si](C)(C)c1ccc([Si](C)(C)CCCOCC2CO2)cc1. The van der Waals surface area contributed by atoms with Crippen LogP contribution in [0.25, 0.3) is 0 Å². The highest BCUT2D eigenvalue weighted by atomic mass is 28.3. The molecule has 0 N–H and O–H groups in total. The van der Waals surface area contributed by atoms with Crippen molar-refractivity contribution in [1.29, 1.82) is 0 Å². The molecule has 2 saturated heterocycles. The van der Waals surface area contributed by atoms with Gasteiger partial charge in [-0.05, 0) is 31.1 Å². The summed E-state index contributed by atoms with van der Waals surface area (Å²) in [6, 6.07) is 25.2. The van der Waals surface area contributed by atoms with Crippen molar-refractivity contribution < 1.29 is 18.9 Å². The largest absolute Gasteiger partial charge is 0.379 e. The Hall–Kier alpha value is -0.852. The molecule has 2 aliphatic heterocycles. The topological polar surface area (TPSA) is 43.5 Å². The molecule has 0 aliphatic carbocycles. The fraction of sp³-hybridized carbons (Fsp3) is 0.707. The first-order valence-electron chi connectivity index (χ1n) is 19.6. The lowest BCUT2D eigenvalue weighted by Crippen LogP contribution is -2.45. The van der Waals surface area contributed by atoms with Gasteiger partial charge in [0.15, 0.2) is 0 Å². The lowest BCUT2D eigenvalue weighted by molar-refractivity contribution is 0.117. The zero-order valence-corrected chi connectivity index (χ0v) is 37.2. The van der Waals surface area contributed by atoms with Crippen LogP contribution in [0.1, 0.15) is 52.4 Å². The average molecular weight is 741 g/mol. The van der Waals surface area contributed by atoms with E-state index < -0.39 is 32.3 Å². The van der Waals surface area contributed by atoms with Crippen molar-refractivity contribution in [2.45, 2.75) is 141 Å². The molecule has 2 aromatic rings. The first-order chi connectivity index (χ1) is 23.0. The zero-order valence-electron chi connectivity index (χ0n) is 33.2. The van der Waals surface area contributed by atoms with E-state index in [1.807, 2.05) is 0 Å². The number of rotatable bonds is 24. The van der Waals surface area contributed by atoms with Gasteiger partial charge in [0, 0.05) is 13.2 Å². The number of epoxide rings is 2. The first-order valence-corrected chi connectivity index (χ1v) is 32.4. The van der Waals surface area contributed by atoms with Crippen LogP contribution in [0, 0.1) is 5.41 Å². The monoisotopic (exact) mass is 740 g/mol. The number of ether oxygens (including phenoxy) is 4. The van der Waals surface area contributed by atoms with Gasteiger partial charge in [0.05, 0.1) is 58.7 Å². The third kappa shape index (κ3) is 13.9. The molecule has 8 heteroatoms. The molecule has 276 valence electrons. The summed E-state index contributed by atoms with van der Waals surface area (Å²) in [7, 11) is -5.79. The van der Waals surface area contributed by atoms with Crippen molar-refractivity contribution in [2.75, 3.05) is 39.6 Å². The van der Waals surface area contributed by atoms with Crippen molar-refractivity contribution >= 4 is 53.0 Å². The average Bonchev–Trinajstić information content (AvgIpc) is 3.97. The van der Waals surface area contributed by atoms with Crippen LogP contribution >= 0.6 is 0 Å². The highest BCUT2D eigenvalue weighted by Crippen LogP contribution is 2.32. The summed E-state index contributed by atoms with van der Waals surface area (Å²) in [6.07, 6.45) is 8.44. The van der Waals surface area contributed by atoms with Gasteiger partial charge in [-0.15, -0.1) is 0 Å². The Morgan fingerprint density at radius 2 is 0.776 bits per heavy atom. The number of hydrogen-bond donors (Lipinski definition) is 0. The van der Waals surface area contributed by atoms with Gasteiger partial charge in [-0.1, -0.05) is 173 Å². The minimum Gasteiger partial charge on any atom is -0.379 e. The van der Waals surface area contributed by atoms with Gasteiger partial charge in [0.1, 0.15) is 12.2 Å². The van der Waals surface area contributed by atoms with Gasteiger partial charge >= 0.3 is 0 Å². The fourth-order valence-electron chi connectivity index (χ4n) is 7.46. The Balaban J connectivity index is 1.16. The van der Waals surface area contributed by atoms with E-state index in [-0.39, 0.29) is 0 Å². The summed E-state index contributed by atoms with van der Waals surface area (Å²) in [4.78, 5) is 0. The quantitative estimate of drug-likeness (QED) is 0.0618. The van der Waals surface area contributed by atoms with Gasteiger partial charge in [-0.2, -0.15) is 0 Å². The van der Waals surface area contributed by atoms with Crippen molar-refractivity contribution in [3.05, 3.63) is 48.5 Å². The Bertz CT molecular complexity index is 1170. The Morgan fingerprint density at radius 3 is 1.04 bits per heavy atom. The lowest BCUT2D eigenvalue weighted by atomic mass is 9.84. The third-order valence-electron chi connectivity index (χ3n) is 11.8. The van der Waals surface area contributed by atoms with Crippen molar-refractivity contribution in [1.82, 2.24) is 0 Å². The van der Waals surface area contributed by atoms with E-state index in [0.29, 0.717) is 17.6 Å². The van der Waals surface area contributed by atoms with Crippen LogP contribution in [0.5, 0.6) is 0 Å². The lowest BCUT2D eigenvalue weighted by Gasteiger charge is -2.30. The number of hydrogen-bond acceptors (Lipinski definition) is 4. The molecule has 0 bridgehead atoms. The van der Waals surface area contributed by atoms with Crippen LogP contribution in [0.2, 0.25) is 76.6 Å². The molecule has 4 nitrogen and oxygen atoms in total. The van der Waals surface area contributed by atoms with E-state index in [1.54, 1.807) is 20.7 Å².